The molecule has 0 saturated heterocycles. The van der Waals surface area contributed by atoms with Crippen LogP contribution in [0.3, 0.4) is 0 Å². The van der Waals surface area contributed by atoms with E-state index in [1.807, 2.05) is 16.8 Å². The van der Waals surface area contributed by atoms with Gasteiger partial charge in [0.2, 0.25) is 0 Å². The molecule has 0 aliphatic heterocycles. The molecule has 0 spiro atoms. The van der Waals surface area contributed by atoms with Crippen molar-refractivity contribution in [3.8, 4) is 0 Å². The van der Waals surface area contributed by atoms with Crippen molar-refractivity contribution in [2.45, 2.75) is 39.3 Å². The Morgan fingerprint density at radius 3 is 2.89 bits per heavy atom. The second-order valence-corrected chi connectivity index (χ2v) is 5.14. The van der Waals surface area contributed by atoms with Gasteiger partial charge in [0.1, 0.15) is 17.9 Å². The molecule has 1 unspecified atom stereocenters. The Morgan fingerprint density at radius 2 is 2.26 bits per heavy atom. The maximum absolute atomic E-state index is 5.64. The Hall–Kier alpha value is -1.14. The molecule has 0 fully saturated rings. The summed E-state index contributed by atoms with van der Waals surface area (Å²) in [7, 11) is 0. The monoisotopic (exact) mass is 326 g/mol. The summed E-state index contributed by atoms with van der Waals surface area (Å²) in [6.07, 6.45) is 3.44. The minimum atomic E-state index is 0.121. The lowest BCUT2D eigenvalue weighted by molar-refractivity contribution is 0.394. The SMILES string of the molecule is CCCn1ncnc1CC(NCC)c1ccc(Br)o1. The zero-order valence-corrected chi connectivity index (χ0v) is 12.9. The van der Waals surface area contributed by atoms with Crippen molar-refractivity contribution in [1.82, 2.24) is 20.1 Å². The summed E-state index contributed by atoms with van der Waals surface area (Å²) in [6.45, 7) is 6.00. The van der Waals surface area contributed by atoms with Gasteiger partial charge in [-0.3, -0.25) is 4.68 Å². The summed E-state index contributed by atoms with van der Waals surface area (Å²) < 4.78 is 8.35. The Kier molecular flexibility index (Phi) is 5.15. The lowest BCUT2D eigenvalue weighted by Gasteiger charge is -2.15. The molecule has 2 rings (SSSR count). The lowest BCUT2D eigenvalue weighted by Crippen LogP contribution is -2.24. The topological polar surface area (TPSA) is 55.9 Å². The number of furan rings is 1. The molecule has 19 heavy (non-hydrogen) atoms. The van der Waals surface area contributed by atoms with Gasteiger partial charge >= 0.3 is 0 Å². The lowest BCUT2D eigenvalue weighted by atomic mass is 10.1. The third kappa shape index (κ3) is 3.67. The molecule has 6 heteroatoms. The number of aromatic nitrogens is 3. The number of rotatable bonds is 7. The number of hydrogen-bond donors (Lipinski definition) is 1. The van der Waals surface area contributed by atoms with E-state index in [0.29, 0.717) is 0 Å². The maximum atomic E-state index is 5.64. The van der Waals surface area contributed by atoms with Gasteiger partial charge in [-0.25, -0.2) is 4.98 Å². The molecule has 104 valence electrons. The van der Waals surface area contributed by atoms with Crippen LogP contribution >= 0.6 is 15.9 Å². The van der Waals surface area contributed by atoms with Gasteiger partial charge in [-0.15, -0.1) is 0 Å². The van der Waals surface area contributed by atoms with Crippen molar-refractivity contribution in [2.75, 3.05) is 6.54 Å². The third-order valence-electron chi connectivity index (χ3n) is 2.91. The van der Waals surface area contributed by atoms with Crippen molar-refractivity contribution in [3.05, 3.63) is 34.7 Å². The minimum absolute atomic E-state index is 0.121. The molecule has 0 aliphatic rings. The van der Waals surface area contributed by atoms with E-state index in [9.17, 15) is 0 Å². The molecule has 0 radical (unpaired) electrons. The second kappa shape index (κ2) is 6.86. The van der Waals surface area contributed by atoms with Crippen LogP contribution in [0, 0.1) is 0 Å². The normalized spacial score (nSPS) is 12.8. The van der Waals surface area contributed by atoms with Crippen molar-refractivity contribution in [3.63, 3.8) is 0 Å². The van der Waals surface area contributed by atoms with E-state index in [0.717, 1.165) is 42.2 Å². The van der Waals surface area contributed by atoms with Crippen LogP contribution in [0.5, 0.6) is 0 Å². The van der Waals surface area contributed by atoms with Crippen LogP contribution < -0.4 is 5.32 Å². The predicted molar refractivity (Wildman–Crippen MR) is 76.8 cm³/mol. The molecule has 0 aliphatic carbocycles. The quantitative estimate of drug-likeness (QED) is 0.849. The Bertz CT molecular complexity index is 508. The molecule has 1 atom stereocenters. The van der Waals surface area contributed by atoms with Gasteiger partial charge in [0, 0.05) is 13.0 Å². The van der Waals surface area contributed by atoms with Gasteiger partial charge in [-0.1, -0.05) is 13.8 Å². The fourth-order valence-electron chi connectivity index (χ4n) is 2.06. The number of nitrogens with one attached hydrogen (secondary N) is 1. The third-order valence-corrected chi connectivity index (χ3v) is 3.33. The Balaban J connectivity index is 2.14. The standard InChI is InChI=1S/C13H19BrN4O/c1-3-7-18-13(16-9-17-18)8-10(15-4-2)11-5-6-12(14)19-11/h5-6,9-10,15H,3-4,7-8H2,1-2H3. The Labute approximate surface area is 121 Å². The highest BCUT2D eigenvalue weighted by Gasteiger charge is 2.18. The first-order valence-corrected chi connectivity index (χ1v) is 7.39. The van der Waals surface area contributed by atoms with E-state index in [4.69, 9.17) is 4.42 Å². The van der Waals surface area contributed by atoms with Crippen LogP contribution in [-0.2, 0) is 13.0 Å². The van der Waals surface area contributed by atoms with Gasteiger partial charge in [0.15, 0.2) is 4.67 Å². The maximum Gasteiger partial charge on any atom is 0.169 e. The Morgan fingerprint density at radius 1 is 1.42 bits per heavy atom. The first-order valence-electron chi connectivity index (χ1n) is 6.59. The van der Waals surface area contributed by atoms with E-state index >= 15 is 0 Å². The number of likely N-dealkylation sites (N-methyl/N-ethyl adjacent to an activating group) is 1. The van der Waals surface area contributed by atoms with Crippen LogP contribution in [0.1, 0.15) is 37.9 Å². The number of hydrogen-bond acceptors (Lipinski definition) is 4. The molecule has 2 aromatic rings. The summed E-state index contributed by atoms with van der Waals surface area (Å²) in [5.41, 5.74) is 0. The number of nitrogens with zero attached hydrogens (tertiary/aromatic N) is 3. The molecular formula is C13H19BrN4O. The van der Waals surface area contributed by atoms with Crippen molar-refractivity contribution in [2.24, 2.45) is 0 Å². The molecule has 2 aromatic heterocycles. The van der Waals surface area contributed by atoms with E-state index in [1.165, 1.54) is 0 Å². The predicted octanol–water partition coefficient (Wildman–Crippen LogP) is 2.94. The van der Waals surface area contributed by atoms with Crippen LogP contribution in [0.25, 0.3) is 0 Å². The van der Waals surface area contributed by atoms with Gasteiger partial charge in [-0.2, -0.15) is 5.10 Å². The van der Waals surface area contributed by atoms with E-state index in [-0.39, 0.29) is 6.04 Å². The molecule has 2 heterocycles. The van der Waals surface area contributed by atoms with E-state index < -0.39 is 0 Å². The first kappa shape index (κ1) is 14.3. The van der Waals surface area contributed by atoms with Gasteiger partial charge in [0.25, 0.3) is 0 Å². The minimum Gasteiger partial charge on any atom is -0.453 e. The van der Waals surface area contributed by atoms with Gasteiger partial charge < -0.3 is 9.73 Å². The zero-order valence-electron chi connectivity index (χ0n) is 11.3. The highest BCUT2D eigenvalue weighted by molar-refractivity contribution is 9.10. The summed E-state index contributed by atoms with van der Waals surface area (Å²) in [5.74, 6) is 1.90. The fourth-order valence-corrected chi connectivity index (χ4v) is 2.38. The average Bonchev–Trinajstić information content (AvgIpc) is 2.99. The highest BCUT2D eigenvalue weighted by atomic mass is 79.9. The molecule has 0 amide bonds. The molecule has 5 nitrogen and oxygen atoms in total. The highest BCUT2D eigenvalue weighted by Crippen LogP contribution is 2.23. The summed E-state index contributed by atoms with van der Waals surface area (Å²) >= 11 is 3.34. The van der Waals surface area contributed by atoms with E-state index in [1.54, 1.807) is 6.33 Å². The van der Waals surface area contributed by atoms with Crippen molar-refractivity contribution in [1.29, 1.82) is 0 Å². The molecule has 0 saturated carbocycles. The van der Waals surface area contributed by atoms with Crippen LogP contribution in [0.2, 0.25) is 0 Å². The van der Waals surface area contributed by atoms with Crippen LogP contribution in [0.4, 0.5) is 0 Å². The summed E-state index contributed by atoms with van der Waals surface area (Å²) in [4.78, 5) is 4.35. The zero-order chi connectivity index (χ0) is 13.7. The number of halogens is 1. The number of aryl methyl sites for hydroxylation is 1. The van der Waals surface area contributed by atoms with Gasteiger partial charge in [-0.05, 0) is 41.0 Å². The average molecular weight is 327 g/mol. The van der Waals surface area contributed by atoms with Gasteiger partial charge in [0.05, 0.1) is 6.04 Å². The first-order chi connectivity index (χ1) is 9.24. The molecule has 0 bridgehead atoms. The summed E-state index contributed by atoms with van der Waals surface area (Å²) in [6, 6.07) is 4.02. The molecular weight excluding hydrogens is 308 g/mol. The molecule has 1 N–H and O–H groups in total. The second-order valence-electron chi connectivity index (χ2n) is 4.36. The largest absolute Gasteiger partial charge is 0.453 e. The van der Waals surface area contributed by atoms with Crippen LogP contribution in [-0.4, -0.2) is 21.3 Å². The van der Waals surface area contributed by atoms with Crippen molar-refractivity contribution < 1.29 is 4.42 Å². The van der Waals surface area contributed by atoms with Crippen LogP contribution in [0.15, 0.2) is 27.5 Å². The summed E-state index contributed by atoms with van der Waals surface area (Å²) in [5, 5.41) is 7.68. The fraction of sp³-hybridized carbons (Fsp3) is 0.538. The molecule has 0 aromatic carbocycles. The van der Waals surface area contributed by atoms with E-state index in [2.05, 4.69) is 45.2 Å². The van der Waals surface area contributed by atoms with Crippen molar-refractivity contribution >= 4 is 15.9 Å². The smallest absolute Gasteiger partial charge is 0.169 e.